The second kappa shape index (κ2) is 2.23. The molecule has 0 aromatic carbocycles. The lowest BCUT2D eigenvalue weighted by atomic mass is 10.0. The van der Waals surface area contributed by atoms with Crippen LogP contribution in [-0.2, 0) is 4.79 Å². The monoisotopic (exact) mass is 143 g/mol. The van der Waals surface area contributed by atoms with Crippen molar-refractivity contribution >= 4 is 5.97 Å². The summed E-state index contributed by atoms with van der Waals surface area (Å²) in [5.74, 6) is -0.881. The summed E-state index contributed by atoms with van der Waals surface area (Å²) in [7, 11) is 0. The second-order valence-electron chi connectivity index (χ2n) is 3.46. The molecule has 3 nitrogen and oxygen atoms in total. The van der Waals surface area contributed by atoms with Gasteiger partial charge in [0.05, 0.1) is 0 Å². The van der Waals surface area contributed by atoms with Gasteiger partial charge in [0.1, 0.15) is 6.04 Å². The molecule has 0 aliphatic heterocycles. The maximum absolute atomic E-state index is 10.3. The minimum Gasteiger partial charge on any atom is -0.480 e. The molecule has 0 heterocycles. The smallest absolute Gasteiger partial charge is 0.320 e. The molecule has 0 unspecified atom stereocenters. The van der Waals surface area contributed by atoms with Crippen molar-refractivity contribution in [2.45, 2.75) is 32.2 Å². The maximum Gasteiger partial charge on any atom is 0.320 e. The fourth-order valence-electron chi connectivity index (χ4n) is 1.04. The Morgan fingerprint density at radius 3 is 2.60 bits per heavy atom. The van der Waals surface area contributed by atoms with Crippen LogP contribution < -0.4 is 5.73 Å². The summed E-state index contributed by atoms with van der Waals surface area (Å²) in [6.07, 6.45) is 2.89. The highest BCUT2D eigenvalue weighted by atomic mass is 16.4. The van der Waals surface area contributed by atoms with E-state index in [4.69, 9.17) is 10.8 Å². The van der Waals surface area contributed by atoms with Crippen molar-refractivity contribution in [3.05, 3.63) is 0 Å². The van der Waals surface area contributed by atoms with E-state index in [-0.39, 0.29) is 5.41 Å². The van der Waals surface area contributed by atoms with E-state index in [1.54, 1.807) is 0 Å². The summed E-state index contributed by atoms with van der Waals surface area (Å²) in [6, 6.07) is -0.660. The summed E-state index contributed by atoms with van der Waals surface area (Å²) < 4.78 is 0. The van der Waals surface area contributed by atoms with E-state index in [0.717, 1.165) is 12.8 Å². The molecule has 1 atom stereocenters. The van der Waals surface area contributed by atoms with Gasteiger partial charge in [-0.3, -0.25) is 4.79 Å². The molecule has 1 saturated carbocycles. The van der Waals surface area contributed by atoms with Crippen LogP contribution in [0, 0.1) is 5.41 Å². The lowest BCUT2D eigenvalue weighted by Crippen LogP contribution is -2.32. The summed E-state index contributed by atoms with van der Waals surface area (Å²) in [5, 5.41) is 8.45. The zero-order valence-electron chi connectivity index (χ0n) is 6.13. The molecule has 0 spiro atoms. The zero-order chi connectivity index (χ0) is 7.78. The maximum atomic E-state index is 10.3. The first-order chi connectivity index (χ1) is 4.53. The number of carboxylic acids is 1. The lowest BCUT2D eigenvalue weighted by Gasteiger charge is -2.10. The van der Waals surface area contributed by atoms with E-state index in [1.807, 2.05) is 0 Å². The van der Waals surface area contributed by atoms with E-state index in [9.17, 15) is 4.79 Å². The van der Waals surface area contributed by atoms with Gasteiger partial charge in [0, 0.05) is 0 Å². The van der Waals surface area contributed by atoms with Gasteiger partial charge in [-0.1, -0.05) is 6.92 Å². The van der Waals surface area contributed by atoms with E-state index >= 15 is 0 Å². The van der Waals surface area contributed by atoms with Crippen molar-refractivity contribution in [1.82, 2.24) is 0 Å². The van der Waals surface area contributed by atoms with E-state index < -0.39 is 12.0 Å². The predicted molar refractivity (Wildman–Crippen MR) is 37.6 cm³/mol. The molecule has 0 saturated heterocycles. The number of hydrogen-bond acceptors (Lipinski definition) is 2. The van der Waals surface area contributed by atoms with Crippen LogP contribution in [0.4, 0.5) is 0 Å². The van der Waals surface area contributed by atoms with Crippen molar-refractivity contribution in [2.75, 3.05) is 0 Å². The number of hydrogen-bond donors (Lipinski definition) is 2. The van der Waals surface area contributed by atoms with Gasteiger partial charge in [-0.25, -0.2) is 0 Å². The Bertz CT molecular complexity index is 152. The van der Waals surface area contributed by atoms with Gasteiger partial charge in [-0.05, 0) is 24.7 Å². The van der Waals surface area contributed by atoms with Gasteiger partial charge >= 0.3 is 5.97 Å². The average Bonchev–Trinajstić information content (AvgIpc) is 2.47. The third-order valence-corrected chi connectivity index (χ3v) is 2.13. The minimum atomic E-state index is -0.881. The highest BCUT2D eigenvalue weighted by Gasteiger charge is 2.39. The molecule has 10 heavy (non-hydrogen) atoms. The van der Waals surface area contributed by atoms with Crippen LogP contribution in [0.3, 0.4) is 0 Å². The number of aliphatic carboxylic acids is 1. The molecule has 58 valence electrons. The predicted octanol–water partition coefficient (Wildman–Crippen LogP) is 0.588. The number of carboxylic acid groups (broad SMARTS) is 1. The minimum absolute atomic E-state index is 0.248. The molecule has 0 aromatic heterocycles. The van der Waals surface area contributed by atoms with Crippen molar-refractivity contribution in [2.24, 2.45) is 11.1 Å². The summed E-state index contributed by atoms with van der Waals surface area (Å²) >= 11 is 0. The van der Waals surface area contributed by atoms with Crippen LogP contribution in [0.1, 0.15) is 26.2 Å². The van der Waals surface area contributed by atoms with Crippen LogP contribution in [0.25, 0.3) is 0 Å². The molecule has 1 fully saturated rings. The summed E-state index contributed by atoms with van der Waals surface area (Å²) in [5.41, 5.74) is 5.59. The van der Waals surface area contributed by atoms with E-state index in [1.165, 1.54) is 0 Å². The van der Waals surface area contributed by atoms with Gasteiger partial charge in [-0.15, -0.1) is 0 Å². The first-order valence-electron chi connectivity index (χ1n) is 3.52. The van der Waals surface area contributed by atoms with E-state index in [0.29, 0.717) is 6.42 Å². The quantitative estimate of drug-likeness (QED) is 0.607. The number of nitrogens with two attached hydrogens (primary N) is 1. The normalized spacial score (nSPS) is 23.8. The van der Waals surface area contributed by atoms with E-state index in [2.05, 4.69) is 6.92 Å². The van der Waals surface area contributed by atoms with Crippen LogP contribution in [0.5, 0.6) is 0 Å². The second-order valence-corrected chi connectivity index (χ2v) is 3.46. The fraction of sp³-hybridized carbons (Fsp3) is 0.857. The highest BCUT2D eigenvalue weighted by molar-refractivity contribution is 5.73. The Morgan fingerprint density at radius 1 is 1.80 bits per heavy atom. The first kappa shape index (κ1) is 7.54. The molecule has 1 rings (SSSR count). The van der Waals surface area contributed by atoms with Crippen LogP contribution in [0.15, 0.2) is 0 Å². The average molecular weight is 143 g/mol. The van der Waals surface area contributed by atoms with Crippen molar-refractivity contribution < 1.29 is 9.90 Å². The van der Waals surface area contributed by atoms with Gasteiger partial charge in [0.25, 0.3) is 0 Å². The number of carbonyl (C=O) groups is 1. The zero-order valence-corrected chi connectivity index (χ0v) is 6.13. The molecule has 3 heteroatoms. The standard InChI is InChI=1S/C7H13NO2/c1-7(2-3-7)4-5(8)6(9)10/h5H,2-4,8H2,1H3,(H,9,10)/t5-/m0/s1. The van der Waals surface area contributed by atoms with Crippen molar-refractivity contribution in [3.63, 3.8) is 0 Å². The largest absolute Gasteiger partial charge is 0.480 e. The molecule has 0 bridgehead atoms. The molecular weight excluding hydrogens is 130 g/mol. The van der Waals surface area contributed by atoms with Gasteiger partial charge < -0.3 is 10.8 Å². The molecule has 1 aliphatic rings. The van der Waals surface area contributed by atoms with Crippen LogP contribution in [-0.4, -0.2) is 17.1 Å². The first-order valence-corrected chi connectivity index (χ1v) is 3.52. The molecule has 3 N–H and O–H groups in total. The van der Waals surface area contributed by atoms with Gasteiger partial charge in [-0.2, -0.15) is 0 Å². The Balaban J connectivity index is 2.31. The Hall–Kier alpha value is -0.570. The topological polar surface area (TPSA) is 63.3 Å². The molecular formula is C7H13NO2. The third-order valence-electron chi connectivity index (χ3n) is 2.13. The van der Waals surface area contributed by atoms with Crippen LogP contribution >= 0.6 is 0 Å². The molecule has 0 radical (unpaired) electrons. The molecule has 0 amide bonds. The summed E-state index contributed by atoms with van der Waals surface area (Å²) in [6.45, 7) is 2.08. The van der Waals surface area contributed by atoms with Crippen LogP contribution in [0.2, 0.25) is 0 Å². The number of rotatable bonds is 3. The van der Waals surface area contributed by atoms with Crippen molar-refractivity contribution in [3.8, 4) is 0 Å². The molecule has 1 aliphatic carbocycles. The SMILES string of the molecule is CC1(C[C@H](N)C(=O)O)CC1. The van der Waals surface area contributed by atoms with Crippen molar-refractivity contribution in [1.29, 1.82) is 0 Å². The lowest BCUT2D eigenvalue weighted by molar-refractivity contribution is -0.139. The Labute approximate surface area is 60.2 Å². The van der Waals surface area contributed by atoms with Gasteiger partial charge in [0.2, 0.25) is 0 Å². The fourth-order valence-corrected chi connectivity index (χ4v) is 1.04. The highest BCUT2D eigenvalue weighted by Crippen LogP contribution is 2.48. The molecule has 0 aromatic rings. The Morgan fingerprint density at radius 2 is 2.30 bits per heavy atom. The Kier molecular flexibility index (Phi) is 1.68. The third kappa shape index (κ3) is 1.70. The van der Waals surface area contributed by atoms with Gasteiger partial charge in [0.15, 0.2) is 0 Å². The summed E-state index contributed by atoms with van der Waals surface area (Å²) in [4.78, 5) is 10.3.